The van der Waals surface area contributed by atoms with Gasteiger partial charge in [0, 0.05) is 10.2 Å². The molecular formula is C14H13O4S2. The van der Waals surface area contributed by atoms with Gasteiger partial charge in [-0.25, -0.2) is 9.59 Å². The van der Waals surface area contributed by atoms with Gasteiger partial charge in [0.25, 0.3) is 0 Å². The highest BCUT2D eigenvalue weighted by Crippen LogP contribution is 2.53. The molecular weight excluding hydrogens is 296 g/mol. The molecule has 0 atom stereocenters. The molecule has 4 nitrogen and oxygen atoms in total. The van der Waals surface area contributed by atoms with Crippen molar-refractivity contribution in [1.29, 1.82) is 0 Å². The number of rotatable bonds is 3. The van der Waals surface area contributed by atoms with E-state index >= 15 is 0 Å². The van der Waals surface area contributed by atoms with Crippen LogP contribution in [0.4, 0.5) is 0 Å². The topological polar surface area (TPSA) is 52.6 Å². The van der Waals surface area contributed by atoms with Crippen molar-refractivity contribution in [1.82, 2.24) is 0 Å². The summed E-state index contributed by atoms with van der Waals surface area (Å²) in [6.45, 7) is 1.96. The third-order valence-corrected chi connectivity index (χ3v) is 5.50. The Hall–Kier alpha value is -0.880. The lowest BCUT2D eigenvalue weighted by Crippen LogP contribution is -2.08. The van der Waals surface area contributed by atoms with E-state index in [4.69, 9.17) is 9.47 Å². The largest absolute Gasteiger partial charge is 0.465 e. The Bertz CT molecular complexity index is 457. The van der Waals surface area contributed by atoms with E-state index in [0.29, 0.717) is 0 Å². The van der Waals surface area contributed by atoms with Crippen molar-refractivity contribution >= 4 is 35.5 Å². The van der Waals surface area contributed by atoms with Crippen LogP contribution in [0.15, 0.2) is 19.6 Å². The molecule has 6 heteroatoms. The van der Waals surface area contributed by atoms with Crippen LogP contribution in [0.5, 0.6) is 0 Å². The fraction of sp³-hybridized carbons (Fsp3) is 0.214. The second kappa shape index (κ2) is 6.72. The number of ether oxygens (including phenoxy) is 2. The Labute approximate surface area is 127 Å². The fourth-order valence-electron chi connectivity index (χ4n) is 1.65. The molecule has 0 aromatic rings. The lowest BCUT2D eigenvalue weighted by molar-refractivity contribution is -0.138. The van der Waals surface area contributed by atoms with Crippen LogP contribution in [-0.4, -0.2) is 26.2 Å². The number of esters is 2. The molecule has 0 unspecified atom stereocenters. The molecule has 5 radical (unpaired) electrons. The summed E-state index contributed by atoms with van der Waals surface area (Å²) in [5.41, 5.74) is 1.02. The molecule has 0 saturated heterocycles. The van der Waals surface area contributed by atoms with E-state index in [-0.39, 0.29) is 9.81 Å². The number of methoxy groups -OCH3 is 2. The average molecular weight is 309 g/mol. The molecule has 1 fully saturated rings. The van der Waals surface area contributed by atoms with Gasteiger partial charge >= 0.3 is 11.9 Å². The van der Waals surface area contributed by atoms with Crippen LogP contribution in [0, 0.1) is 31.6 Å². The molecule has 0 spiro atoms. The van der Waals surface area contributed by atoms with Crippen molar-refractivity contribution < 1.29 is 19.1 Å². The molecule has 2 rings (SSSR count). The fourth-order valence-corrected chi connectivity index (χ4v) is 4.16. The Morgan fingerprint density at radius 2 is 1.40 bits per heavy atom. The van der Waals surface area contributed by atoms with Gasteiger partial charge in [-0.15, -0.1) is 0 Å². The van der Waals surface area contributed by atoms with Gasteiger partial charge in [0.05, 0.1) is 14.2 Å². The summed E-state index contributed by atoms with van der Waals surface area (Å²) < 4.78 is 10.3. The molecule has 0 aromatic heterocycles. The lowest BCUT2D eigenvalue weighted by Gasteiger charge is -2.11. The standard InChI is InChI=1S/C14H13O4S2/c1-8(9-6-4-5-7-9)14-19-10(12(15)17-2)11(20-14)13(16)18-3/h4-7H,1-3H3. The predicted molar refractivity (Wildman–Crippen MR) is 79.4 cm³/mol. The monoisotopic (exact) mass is 309 g/mol. The molecule has 0 amide bonds. The molecule has 1 saturated carbocycles. The molecule has 0 bridgehead atoms. The SMILES string of the molecule is COC(=O)C1=C(C(=O)OC)SC(=C(C)[C]2[CH][CH][CH][CH]2)S1. The number of hydrogen-bond acceptors (Lipinski definition) is 6. The first-order valence-electron chi connectivity index (χ1n) is 5.78. The highest BCUT2D eigenvalue weighted by atomic mass is 32.2. The Morgan fingerprint density at radius 3 is 1.80 bits per heavy atom. The van der Waals surface area contributed by atoms with E-state index in [1.165, 1.54) is 37.7 Å². The van der Waals surface area contributed by atoms with E-state index in [1.807, 2.05) is 32.6 Å². The van der Waals surface area contributed by atoms with Crippen molar-refractivity contribution in [2.75, 3.05) is 14.2 Å². The maximum absolute atomic E-state index is 11.8. The smallest absolute Gasteiger partial charge is 0.346 e. The number of allylic oxidation sites excluding steroid dienone is 1. The molecule has 1 aliphatic heterocycles. The number of carbonyl (C=O) groups is 2. The second-order valence-corrected chi connectivity index (χ2v) is 6.23. The van der Waals surface area contributed by atoms with Crippen LogP contribution >= 0.6 is 23.5 Å². The zero-order valence-electron chi connectivity index (χ0n) is 11.3. The van der Waals surface area contributed by atoms with E-state index in [2.05, 4.69) is 0 Å². The third kappa shape index (κ3) is 3.06. The number of carbonyl (C=O) groups excluding carboxylic acids is 2. The van der Waals surface area contributed by atoms with Crippen LogP contribution in [0.2, 0.25) is 0 Å². The maximum atomic E-state index is 11.8. The van der Waals surface area contributed by atoms with E-state index in [9.17, 15) is 9.59 Å². The summed E-state index contributed by atoms with van der Waals surface area (Å²) >= 11 is 2.50. The van der Waals surface area contributed by atoms with Crippen LogP contribution in [0.3, 0.4) is 0 Å². The van der Waals surface area contributed by atoms with Gasteiger partial charge in [0.15, 0.2) is 0 Å². The number of thioether (sulfide) groups is 2. The van der Waals surface area contributed by atoms with E-state index in [0.717, 1.165) is 15.7 Å². The summed E-state index contributed by atoms with van der Waals surface area (Å²) in [5, 5.41) is 0. The number of hydrogen-bond donors (Lipinski definition) is 0. The normalized spacial score (nSPS) is 19.4. The van der Waals surface area contributed by atoms with Crippen LogP contribution in [-0.2, 0) is 19.1 Å². The van der Waals surface area contributed by atoms with Crippen LogP contribution in [0.25, 0.3) is 0 Å². The molecule has 1 heterocycles. The third-order valence-electron chi connectivity index (χ3n) is 2.74. The minimum atomic E-state index is -0.520. The Kier molecular flexibility index (Phi) is 5.21. The summed E-state index contributed by atoms with van der Waals surface area (Å²) in [6, 6.07) is 0. The Morgan fingerprint density at radius 1 is 0.950 bits per heavy atom. The maximum Gasteiger partial charge on any atom is 0.346 e. The van der Waals surface area contributed by atoms with Crippen molar-refractivity contribution in [2.45, 2.75) is 6.92 Å². The van der Waals surface area contributed by atoms with E-state index < -0.39 is 11.9 Å². The molecule has 105 valence electrons. The van der Waals surface area contributed by atoms with E-state index in [1.54, 1.807) is 0 Å². The summed E-state index contributed by atoms with van der Waals surface area (Å²) in [7, 11) is 2.59. The lowest BCUT2D eigenvalue weighted by atomic mass is 10.0. The minimum absolute atomic E-state index is 0.283. The van der Waals surface area contributed by atoms with Gasteiger partial charge in [0.1, 0.15) is 9.81 Å². The van der Waals surface area contributed by atoms with Gasteiger partial charge in [-0.05, 0) is 38.2 Å². The van der Waals surface area contributed by atoms with Crippen molar-refractivity contribution in [3.8, 4) is 0 Å². The summed E-state index contributed by atoms with van der Waals surface area (Å²) in [5.74, 6) is 0.0248. The van der Waals surface area contributed by atoms with Gasteiger partial charge in [-0.2, -0.15) is 0 Å². The van der Waals surface area contributed by atoms with Gasteiger partial charge in [-0.3, -0.25) is 0 Å². The van der Waals surface area contributed by atoms with Crippen molar-refractivity contribution in [3.63, 3.8) is 0 Å². The molecule has 1 aliphatic carbocycles. The van der Waals surface area contributed by atoms with Gasteiger partial charge in [-0.1, -0.05) is 23.5 Å². The quantitative estimate of drug-likeness (QED) is 0.747. The zero-order valence-corrected chi connectivity index (χ0v) is 12.9. The van der Waals surface area contributed by atoms with Crippen LogP contribution < -0.4 is 0 Å². The highest BCUT2D eigenvalue weighted by molar-refractivity contribution is 8.29. The molecule has 0 aromatic carbocycles. The molecule has 20 heavy (non-hydrogen) atoms. The second-order valence-electron chi connectivity index (χ2n) is 3.93. The van der Waals surface area contributed by atoms with Gasteiger partial charge < -0.3 is 9.47 Å². The highest BCUT2D eigenvalue weighted by Gasteiger charge is 2.34. The molecule has 0 N–H and O–H groups in total. The first-order chi connectivity index (χ1) is 9.58. The van der Waals surface area contributed by atoms with Crippen LogP contribution in [0.1, 0.15) is 6.92 Å². The zero-order chi connectivity index (χ0) is 14.7. The van der Waals surface area contributed by atoms with Gasteiger partial charge in [0.2, 0.25) is 0 Å². The first-order valence-corrected chi connectivity index (χ1v) is 7.41. The Balaban J connectivity index is 2.26. The molecule has 2 aliphatic rings. The minimum Gasteiger partial charge on any atom is -0.465 e. The average Bonchev–Trinajstić information content (AvgIpc) is 3.13. The predicted octanol–water partition coefficient (Wildman–Crippen LogP) is 2.66. The van der Waals surface area contributed by atoms with Crippen molar-refractivity contribution in [2.24, 2.45) is 0 Å². The summed E-state index contributed by atoms with van der Waals surface area (Å²) in [4.78, 5) is 24.1. The first kappa shape index (κ1) is 15.5. The van der Waals surface area contributed by atoms with Crippen molar-refractivity contribution in [3.05, 3.63) is 51.2 Å². The summed E-state index contributed by atoms with van der Waals surface area (Å²) in [6.07, 6.45) is 7.86.